The summed E-state index contributed by atoms with van der Waals surface area (Å²) in [6, 6.07) is 16.6. The molecule has 4 rings (SSSR count). The number of fused-ring (bicyclic) bond motifs is 2. The van der Waals surface area contributed by atoms with Gasteiger partial charge in [-0.05, 0) is 30.2 Å². The highest BCUT2D eigenvalue weighted by Gasteiger charge is 2.34. The molecule has 0 saturated carbocycles. The normalized spacial score (nSPS) is 12.0. The molecule has 0 fully saturated rings. The minimum Gasteiger partial charge on any atom is -0.398 e. The SMILES string of the molecule is CCC.CCc1ccc(Sc2cc(N)c3c(c2N)C(=O)c2ccccc2C3=O)cc1. The van der Waals surface area contributed by atoms with Gasteiger partial charge >= 0.3 is 0 Å². The van der Waals surface area contributed by atoms with Crippen molar-refractivity contribution in [3.8, 4) is 0 Å². The molecule has 1 aliphatic rings. The first-order valence-corrected chi connectivity index (χ1v) is 10.9. The lowest BCUT2D eigenvalue weighted by Crippen LogP contribution is -2.24. The molecule has 0 aromatic heterocycles. The van der Waals surface area contributed by atoms with Crippen LogP contribution >= 0.6 is 11.8 Å². The lowest BCUT2D eigenvalue weighted by atomic mass is 9.82. The summed E-state index contributed by atoms with van der Waals surface area (Å²) in [6.45, 7) is 6.35. The summed E-state index contributed by atoms with van der Waals surface area (Å²) >= 11 is 1.44. The number of nitrogen functional groups attached to an aromatic ring is 2. The van der Waals surface area contributed by atoms with Crippen LogP contribution in [-0.2, 0) is 6.42 Å². The first kappa shape index (κ1) is 21.7. The Bertz CT molecular complexity index is 1100. The van der Waals surface area contributed by atoms with Gasteiger partial charge in [0.05, 0.1) is 16.8 Å². The van der Waals surface area contributed by atoms with Gasteiger partial charge < -0.3 is 11.5 Å². The summed E-state index contributed by atoms with van der Waals surface area (Å²) in [5.74, 6) is -0.513. The molecule has 4 nitrogen and oxygen atoms in total. The van der Waals surface area contributed by atoms with Crippen LogP contribution in [0.2, 0.25) is 0 Å². The predicted octanol–water partition coefficient (Wildman–Crippen LogP) is 5.76. The Morgan fingerprint density at radius 1 is 0.800 bits per heavy atom. The van der Waals surface area contributed by atoms with Crippen molar-refractivity contribution in [3.63, 3.8) is 0 Å². The van der Waals surface area contributed by atoms with E-state index in [1.807, 2.05) is 12.1 Å². The zero-order valence-corrected chi connectivity index (χ0v) is 18.3. The summed E-state index contributed by atoms with van der Waals surface area (Å²) < 4.78 is 0. The number of hydrogen-bond donors (Lipinski definition) is 2. The fraction of sp³-hybridized carbons (Fsp3) is 0.200. The Morgan fingerprint density at radius 2 is 1.33 bits per heavy atom. The van der Waals surface area contributed by atoms with Crippen LogP contribution < -0.4 is 11.5 Å². The van der Waals surface area contributed by atoms with Gasteiger partial charge in [0.1, 0.15) is 0 Å². The van der Waals surface area contributed by atoms with Gasteiger partial charge in [0.15, 0.2) is 11.6 Å². The van der Waals surface area contributed by atoms with Crippen LogP contribution in [-0.4, -0.2) is 11.6 Å². The first-order chi connectivity index (χ1) is 14.4. The van der Waals surface area contributed by atoms with Crippen LogP contribution in [0, 0.1) is 0 Å². The standard InChI is InChI=1S/C22H18N2O2S.C3H8/c1-2-12-7-9-13(10-8-12)27-17-11-16(23)18-19(20(17)24)22(26)15-6-4-3-5-14(15)21(18)25;1-3-2/h3-11H,2,23-24H2,1H3;3H2,1-2H3. The third kappa shape index (κ3) is 3.98. The number of anilines is 2. The van der Waals surface area contributed by atoms with Crippen molar-refractivity contribution in [2.75, 3.05) is 11.5 Å². The quantitative estimate of drug-likeness (QED) is 0.413. The minimum atomic E-state index is -0.256. The second-order valence-electron chi connectivity index (χ2n) is 7.14. The third-order valence-corrected chi connectivity index (χ3v) is 5.86. The van der Waals surface area contributed by atoms with Crippen LogP contribution in [0.5, 0.6) is 0 Å². The van der Waals surface area contributed by atoms with Crippen molar-refractivity contribution in [1.29, 1.82) is 0 Å². The number of hydrogen-bond acceptors (Lipinski definition) is 5. The molecule has 0 heterocycles. The predicted molar refractivity (Wildman–Crippen MR) is 124 cm³/mol. The van der Waals surface area contributed by atoms with Gasteiger partial charge in [0.2, 0.25) is 0 Å². The molecule has 0 unspecified atom stereocenters. The first-order valence-electron chi connectivity index (χ1n) is 10.1. The molecular formula is C25H26N2O2S. The lowest BCUT2D eigenvalue weighted by Gasteiger charge is -2.22. The number of carbonyl (C=O) groups is 2. The van der Waals surface area contributed by atoms with Gasteiger partial charge in [-0.15, -0.1) is 0 Å². The summed E-state index contributed by atoms with van der Waals surface area (Å²) in [6.07, 6.45) is 2.22. The number of benzene rings is 3. The van der Waals surface area contributed by atoms with Crippen molar-refractivity contribution >= 4 is 34.7 Å². The highest BCUT2D eigenvalue weighted by Crippen LogP contribution is 2.41. The van der Waals surface area contributed by atoms with Crippen LogP contribution in [0.1, 0.15) is 64.6 Å². The minimum absolute atomic E-state index is 0.210. The smallest absolute Gasteiger partial charge is 0.196 e. The number of nitrogens with two attached hydrogens (primary N) is 2. The van der Waals surface area contributed by atoms with Crippen molar-refractivity contribution in [3.05, 3.63) is 82.4 Å². The van der Waals surface area contributed by atoms with E-state index in [1.54, 1.807) is 30.3 Å². The maximum atomic E-state index is 13.0. The molecule has 0 aliphatic heterocycles. The maximum Gasteiger partial charge on any atom is 0.196 e. The van der Waals surface area contributed by atoms with E-state index in [-0.39, 0.29) is 28.4 Å². The van der Waals surface area contributed by atoms with E-state index in [0.29, 0.717) is 21.7 Å². The fourth-order valence-electron chi connectivity index (χ4n) is 3.33. The number of carbonyl (C=O) groups excluding carboxylic acids is 2. The van der Waals surface area contributed by atoms with E-state index in [2.05, 4.69) is 32.9 Å². The molecule has 3 aromatic rings. The molecule has 0 atom stereocenters. The lowest BCUT2D eigenvalue weighted by molar-refractivity contribution is 0.0980. The van der Waals surface area contributed by atoms with Crippen LogP contribution in [0.4, 0.5) is 11.4 Å². The van der Waals surface area contributed by atoms with E-state index in [9.17, 15) is 9.59 Å². The highest BCUT2D eigenvalue weighted by molar-refractivity contribution is 7.99. The molecule has 4 N–H and O–H groups in total. The summed E-state index contributed by atoms with van der Waals surface area (Å²) in [7, 11) is 0. The molecule has 30 heavy (non-hydrogen) atoms. The Labute approximate surface area is 181 Å². The molecule has 5 heteroatoms. The molecule has 0 bridgehead atoms. The van der Waals surface area contributed by atoms with E-state index in [1.165, 1.54) is 23.7 Å². The average molecular weight is 419 g/mol. The fourth-order valence-corrected chi connectivity index (χ4v) is 4.25. The van der Waals surface area contributed by atoms with Gasteiger partial charge in [0, 0.05) is 26.6 Å². The Hall–Kier alpha value is -3.05. The van der Waals surface area contributed by atoms with Crippen molar-refractivity contribution < 1.29 is 9.59 Å². The molecular weight excluding hydrogens is 392 g/mol. The van der Waals surface area contributed by atoms with Gasteiger partial charge in [-0.25, -0.2) is 0 Å². The molecule has 0 radical (unpaired) electrons. The highest BCUT2D eigenvalue weighted by atomic mass is 32.2. The molecule has 0 spiro atoms. The van der Waals surface area contributed by atoms with Crippen LogP contribution in [0.25, 0.3) is 0 Å². The summed E-state index contributed by atoms with van der Waals surface area (Å²) in [4.78, 5) is 27.6. The van der Waals surface area contributed by atoms with Gasteiger partial charge in [-0.2, -0.15) is 0 Å². The molecule has 0 saturated heterocycles. The molecule has 1 aliphatic carbocycles. The van der Waals surface area contributed by atoms with E-state index in [0.717, 1.165) is 11.3 Å². The van der Waals surface area contributed by atoms with Crippen LogP contribution in [0.15, 0.2) is 64.4 Å². The Kier molecular flexibility index (Phi) is 6.63. The average Bonchev–Trinajstić information content (AvgIpc) is 2.75. The monoisotopic (exact) mass is 418 g/mol. The second kappa shape index (κ2) is 9.18. The zero-order chi connectivity index (χ0) is 21.8. The molecule has 0 amide bonds. The van der Waals surface area contributed by atoms with Crippen LogP contribution in [0.3, 0.4) is 0 Å². The van der Waals surface area contributed by atoms with Gasteiger partial charge in [-0.1, -0.05) is 75.4 Å². The largest absolute Gasteiger partial charge is 0.398 e. The number of ketones is 2. The van der Waals surface area contributed by atoms with Gasteiger partial charge in [0.25, 0.3) is 0 Å². The van der Waals surface area contributed by atoms with Crippen molar-refractivity contribution in [2.24, 2.45) is 0 Å². The van der Waals surface area contributed by atoms with E-state index < -0.39 is 0 Å². The Balaban J connectivity index is 0.000000806. The topological polar surface area (TPSA) is 86.2 Å². The third-order valence-electron chi connectivity index (χ3n) is 4.79. The number of aryl methyl sites for hydroxylation is 1. The summed E-state index contributed by atoms with van der Waals surface area (Å²) in [5, 5.41) is 0. The molecule has 154 valence electrons. The zero-order valence-electron chi connectivity index (χ0n) is 17.5. The maximum absolute atomic E-state index is 13.0. The molecule has 3 aromatic carbocycles. The van der Waals surface area contributed by atoms with E-state index >= 15 is 0 Å². The summed E-state index contributed by atoms with van der Waals surface area (Å²) in [5.41, 5.74) is 15.5. The Morgan fingerprint density at radius 3 is 1.87 bits per heavy atom. The van der Waals surface area contributed by atoms with Gasteiger partial charge in [-0.3, -0.25) is 9.59 Å². The second-order valence-corrected chi connectivity index (χ2v) is 8.25. The van der Waals surface area contributed by atoms with E-state index in [4.69, 9.17) is 11.5 Å². The van der Waals surface area contributed by atoms with Crippen molar-refractivity contribution in [2.45, 2.75) is 43.4 Å². The number of rotatable bonds is 3. The van der Waals surface area contributed by atoms with Crippen molar-refractivity contribution in [1.82, 2.24) is 0 Å².